The molecule has 0 fully saturated rings. The molecule has 2 heterocycles. The van der Waals surface area contributed by atoms with E-state index in [1.165, 1.54) is 24.1 Å². The number of pyridine rings is 1. The fourth-order valence-electron chi connectivity index (χ4n) is 2.50. The summed E-state index contributed by atoms with van der Waals surface area (Å²) >= 11 is 0. The Bertz CT molecular complexity index is 1000. The van der Waals surface area contributed by atoms with Crippen LogP contribution in [0.15, 0.2) is 36.5 Å². The Kier molecular flexibility index (Phi) is 5.02. The highest BCUT2D eigenvalue weighted by Crippen LogP contribution is 2.32. The Morgan fingerprint density at radius 3 is 2.78 bits per heavy atom. The lowest BCUT2D eigenvalue weighted by Gasteiger charge is -2.10. The lowest BCUT2D eigenvalue weighted by atomic mass is 10.1. The summed E-state index contributed by atoms with van der Waals surface area (Å²) in [5.41, 5.74) is 0.0935. The summed E-state index contributed by atoms with van der Waals surface area (Å²) in [6, 6.07) is 6.13. The average molecular weight is 375 g/mol. The monoisotopic (exact) mass is 375 g/mol. The molecule has 2 aromatic heterocycles. The molecule has 0 radical (unpaired) electrons. The Labute approximate surface area is 152 Å². The quantitative estimate of drug-likeness (QED) is 0.690. The van der Waals surface area contributed by atoms with E-state index in [4.69, 9.17) is 9.47 Å². The fraction of sp³-hybridized carbons (Fsp3) is 0.167. The maximum absolute atomic E-state index is 13.6. The maximum Gasteiger partial charge on any atom is 0.345 e. The van der Waals surface area contributed by atoms with Crippen LogP contribution in [0.5, 0.6) is 11.6 Å². The topological polar surface area (TPSA) is 86.5 Å². The van der Waals surface area contributed by atoms with E-state index in [2.05, 4.69) is 10.1 Å². The minimum atomic E-state index is -1.10. The highest BCUT2D eigenvalue weighted by Gasteiger charge is 2.21. The van der Waals surface area contributed by atoms with Crippen molar-refractivity contribution in [1.29, 1.82) is 0 Å². The van der Waals surface area contributed by atoms with Crippen molar-refractivity contribution >= 4 is 5.97 Å². The van der Waals surface area contributed by atoms with Gasteiger partial charge in [-0.15, -0.1) is 0 Å². The molecular weight excluding hydrogens is 360 g/mol. The number of ether oxygens (including phenoxy) is 2. The Morgan fingerprint density at radius 1 is 1.30 bits per heavy atom. The van der Waals surface area contributed by atoms with Gasteiger partial charge in [0.2, 0.25) is 5.88 Å². The van der Waals surface area contributed by atoms with Crippen LogP contribution in [-0.4, -0.2) is 39.6 Å². The van der Waals surface area contributed by atoms with Gasteiger partial charge in [0.05, 0.1) is 25.6 Å². The molecule has 0 saturated heterocycles. The van der Waals surface area contributed by atoms with Crippen LogP contribution in [0.1, 0.15) is 17.3 Å². The number of aromatic hydroxyl groups is 1. The van der Waals surface area contributed by atoms with Crippen molar-refractivity contribution in [3.05, 3.63) is 53.7 Å². The van der Waals surface area contributed by atoms with Crippen molar-refractivity contribution in [1.82, 2.24) is 14.8 Å². The number of esters is 1. The van der Waals surface area contributed by atoms with Gasteiger partial charge in [-0.1, -0.05) is 6.07 Å². The number of nitrogens with zero attached hydrogens (tertiary/aromatic N) is 3. The minimum Gasteiger partial charge on any atom is -0.504 e. The van der Waals surface area contributed by atoms with Crippen LogP contribution in [-0.2, 0) is 4.74 Å². The normalized spacial score (nSPS) is 10.7. The molecule has 27 heavy (non-hydrogen) atoms. The van der Waals surface area contributed by atoms with Crippen molar-refractivity contribution in [3.63, 3.8) is 0 Å². The van der Waals surface area contributed by atoms with Crippen molar-refractivity contribution in [2.75, 3.05) is 13.7 Å². The van der Waals surface area contributed by atoms with Gasteiger partial charge in [0.15, 0.2) is 17.4 Å². The lowest BCUT2D eigenvalue weighted by Crippen LogP contribution is -2.08. The summed E-state index contributed by atoms with van der Waals surface area (Å²) in [6.07, 6.45) is 1.27. The van der Waals surface area contributed by atoms with Crippen LogP contribution in [0.4, 0.5) is 8.78 Å². The van der Waals surface area contributed by atoms with Crippen molar-refractivity contribution < 1.29 is 28.2 Å². The van der Waals surface area contributed by atoms with Crippen LogP contribution < -0.4 is 4.74 Å². The second-order valence-electron chi connectivity index (χ2n) is 5.36. The molecule has 0 aliphatic heterocycles. The first-order chi connectivity index (χ1) is 13.0. The number of hydrogen-bond acceptors (Lipinski definition) is 6. The zero-order chi connectivity index (χ0) is 19.6. The number of methoxy groups -OCH3 is 1. The van der Waals surface area contributed by atoms with E-state index in [1.54, 1.807) is 19.1 Å². The second kappa shape index (κ2) is 7.40. The molecule has 3 aromatic rings. The first kappa shape index (κ1) is 18.3. The average Bonchev–Trinajstić information content (AvgIpc) is 3.09. The molecule has 0 spiro atoms. The molecule has 0 atom stereocenters. The second-order valence-corrected chi connectivity index (χ2v) is 5.36. The molecule has 0 amide bonds. The van der Waals surface area contributed by atoms with Gasteiger partial charge >= 0.3 is 5.97 Å². The van der Waals surface area contributed by atoms with Crippen LogP contribution in [0.2, 0.25) is 0 Å². The minimum absolute atomic E-state index is 0.0905. The fourth-order valence-corrected chi connectivity index (χ4v) is 2.50. The number of benzene rings is 1. The van der Waals surface area contributed by atoms with E-state index in [0.717, 1.165) is 6.07 Å². The van der Waals surface area contributed by atoms with Crippen LogP contribution >= 0.6 is 0 Å². The molecule has 9 heteroatoms. The standard InChI is InChI=1S/C18H15F2N3O4/c1-3-27-18(25)12-9-21-23(17(12)26-2)15-6-4-5-14(22-15)11-7-10(19)8-13(20)16(11)24/h4-9,24H,3H2,1-2H3. The zero-order valence-electron chi connectivity index (χ0n) is 14.4. The van der Waals surface area contributed by atoms with E-state index < -0.39 is 23.4 Å². The summed E-state index contributed by atoms with van der Waals surface area (Å²) in [5.74, 6) is -2.98. The maximum atomic E-state index is 13.6. The predicted molar refractivity (Wildman–Crippen MR) is 90.9 cm³/mol. The third kappa shape index (κ3) is 3.43. The largest absolute Gasteiger partial charge is 0.504 e. The van der Waals surface area contributed by atoms with E-state index in [1.807, 2.05) is 0 Å². The number of halogens is 2. The number of phenols is 1. The number of carbonyl (C=O) groups is 1. The smallest absolute Gasteiger partial charge is 0.345 e. The highest BCUT2D eigenvalue weighted by atomic mass is 19.1. The summed E-state index contributed by atoms with van der Waals surface area (Å²) in [6.45, 7) is 1.86. The summed E-state index contributed by atoms with van der Waals surface area (Å²) < 4.78 is 38.6. The molecule has 0 aliphatic carbocycles. The molecule has 0 unspecified atom stereocenters. The van der Waals surface area contributed by atoms with E-state index >= 15 is 0 Å². The summed E-state index contributed by atoms with van der Waals surface area (Å²) in [4.78, 5) is 16.2. The molecule has 7 nitrogen and oxygen atoms in total. The van der Waals surface area contributed by atoms with Crippen LogP contribution in [0, 0.1) is 11.6 Å². The number of phenolic OH excluding ortho intramolecular Hbond substituents is 1. The van der Waals surface area contributed by atoms with Gasteiger partial charge in [-0.3, -0.25) is 0 Å². The Hall–Kier alpha value is -3.49. The number of carbonyl (C=O) groups excluding carboxylic acids is 1. The van der Waals surface area contributed by atoms with Gasteiger partial charge in [-0.05, 0) is 25.1 Å². The molecule has 3 rings (SSSR count). The molecular formula is C18H15F2N3O4. The van der Waals surface area contributed by atoms with E-state index in [0.29, 0.717) is 6.07 Å². The van der Waals surface area contributed by atoms with Crippen LogP contribution in [0.25, 0.3) is 17.1 Å². The third-order valence-electron chi connectivity index (χ3n) is 3.67. The molecule has 1 aromatic carbocycles. The number of hydrogen-bond donors (Lipinski definition) is 1. The van der Waals surface area contributed by atoms with Gasteiger partial charge in [0.25, 0.3) is 0 Å². The molecule has 140 valence electrons. The molecule has 0 bridgehead atoms. The van der Waals surface area contributed by atoms with Crippen LogP contribution in [0.3, 0.4) is 0 Å². The first-order valence-corrected chi connectivity index (χ1v) is 7.91. The number of rotatable bonds is 5. The SMILES string of the molecule is CCOC(=O)c1cnn(-c2cccc(-c3cc(F)cc(F)c3O)n2)c1OC. The van der Waals surface area contributed by atoms with E-state index in [9.17, 15) is 18.7 Å². The lowest BCUT2D eigenvalue weighted by molar-refractivity contribution is 0.0522. The molecule has 1 N–H and O–H groups in total. The molecule has 0 aliphatic rings. The van der Waals surface area contributed by atoms with Crippen molar-refractivity contribution in [2.45, 2.75) is 6.92 Å². The summed E-state index contributed by atoms with van der Waals surface area (Å²) in [7, 11) is 1.36. The van der Waals surface area contributed by atoms with Gasteiger partial charge in [0, 0.05) is 11.6 Å². The third-order valence-corrected chi connectivity index (χ3v) is 3.67. The molecule has 0 saturated carbocycles. The summed E-state index contributed by atoms with van der Waals surface area (Å²) in [5, 5.41) is 14.0. The first-order valence-electron chi connectivity index (χ1n) is 7.91. The zero-order valence-corrected chi connectivity index (χ0v) is 14.4. The van der Waals surface area contributed by atoms with Gasteiger partial charge in [-0.2, -0.15) is 9.78 Å². The van der Waals surface area contributed by atoms with E-state index in [-0.39, 0.29) is 35.1 Å². The highest BCUT2D eigenvalue weighted by molar-refractivity contribution is 5.91. The predicted octanol–water partition coefficient (Wildman–Crippen LogP) is 3.10. The van der Waals surface area contributed by atoms with Gasteiger partial charge in [-0.25, -0.2) is 18.6 Å². The van der Waals surface area contributed by atoms with Gasteiger partial charge in [0.1, 0.15) is 11.4 Å². The number of aromatic nitrogens is 3. The Morgan fingerprint density at radius 2 is 2.07 bits per heavy atom. The van der Waals surface area contributed by atoms with Crippen molar-refractivity contribution in [3.8, 4) is 28.7 Å². The van der Waals surface area contributed by atoms with Gasteiger partial charge < -0.3 is 14.6 Å². The van der Waals surface area contributed by atoms with Crippen molar-refractivity contribution in [2.24, 2.45) is 0 Å². The Balaban J connectivity index is 2.09.